The van der Waals surface area contributed by atoms with Gasteiger partial charge in [0.15, 0.2) is 11.6 Å². The number of para-hydroxylation sites is 1. The number of halogens is 1. The molecule has 0 atom stereocenters. The predicted octanol–water partition coefficient (Wildman–Crippen LogP) is 1.18. The molecule has 0 fully saturated rings. The Morgan fingerprint density at radius 1 is 1.39 bits per heavy atom. The van der Waals surface area contributed by atoms with Gasteiger partial charge in [-0.25, -0.2) is 13.8 Å². The van der Waals surface area contributed by atoms with Crippen LogP contribution in [0, 0.1) is 5.82 Å². The molecule has 92 valence electrons. The van der Waals surface area contributed by atoms with Crippen LogP contribution < -0.4 is 16.2 Å². The summed E-state index contributed by atoms with van der Waals surface area (Å²) >= 11 is 4.89. The molecule has 0 saturated heterocycles. The van der Waals surface area contributed by atoms with Gasteiger partial charge in [0.25, 0.3) is 5.17 Å². The highest BCUT2D eigenvalue weighted by Gasteiger charge is 2.10. The number of thiocarbonyl (C=S) groups is 1. The minimum Gasteiger partial charge on any atom is -0.431 e. The molecule has 1 aromatic carbocycles. The molecule has 7 heteroatoms. The third-order valence-electron chi connectivity index (χ3n) is 2.05. The summed E-state index contributed by atoms with van der Waals surface area (Å²) in [7, 11) is 0. The van der Waals surface area contributed by atoms with E-state index in [4.69, 9.17) is 22.7 Å². The van der Waals surface area contributed by atoms with E-state index in [1.807, 2.05) is 0 Å². The second-order valence-corrected chi connectivity index (χ2v) is 3.66. The van der Waals surface area contributed by atoms with Crippen LogP contribution in [0.2, 0.25) is 0 Å². The average Bonchev–Trinajstić information content (AvgIpc) is 2.35. The summed E-state index contributed by atoms with van der Waals surface area (Å²) in [5.41, 5.74) is 4.36. The molecule has 0 saturated carbocycles. The lowest BCUT2D eigenvalue weighted by Gasteiger charge is -2.08. The minimum atomic E-state index is -0.839. The Kier molecular flexibility index (Phi) is 3.33. The zero-order chi connectivity index (χ0) is 13.1. The second kappa shape index (κ2) is 4.92. The van der Waals surface area contributed by atoms with E-state index in [1.165, 1.54) is 0 Å². The normalized spacial score (nSPS) is 10.1. The molecular formula is C11H8FN3O2S. The van der Waals surface area contributed by atoms with E-state index in [2.05, 4.69) is 4.98 Å². The molecule has 0 aliphatic carbocycles. The molecule has 2 aromatic rings. The Morgan fingerprint density at radius 2 is 2.06 bits per heavy atom. The summed E-state index contributed by atoms with van der Waals surface area (Å²) in [5.74, 6) is -0.876. The van der Waals surface area contributed by atoms with Gasteiger partial charge < -0.3 is 10.5 Å². The lowest BCUT2D eigenvalue weighted by Crippen LogP contribution is -2.32. The Balaban J connectivity index is 2.30. The first-order chi connectivity index (χ1) is 8.58. The Labute approximate surface area is 107 Å². The molecule has 0 amide bonds. The number of aromatic nitrogens is 2. The highest BCUT2D eigenvalue weighted by atomic mass is 32.1. The Morgan fingerprint density at radius 3 is 2.72 bits per heavy atom. The first kappa shape index (κ1) is 12.2. The fraction of sp³-hybridized carbons (Fsp3) is 0. The van der Waals surface area contributed by atoms with Crippen molar-refractivity contribution in [2.24, 2.45) is 0 Å². The van der Waals surface area contributed by atoms with E-state index < -0.39 is 17.3 Å². The summed E-state index contributed by atoms with van der Waals surface area (Å²) in [6, 6.07) is 8.58. The molecule has 0 bridgehead atoms. The van der Waals surface area contributed by atoms with Crippen LogP contribution in [-0.2, 0) is 0 Å². The van der Waals surface area contributed by atoms with Gasteiger partial charge in [0.2, 0.25) is 0 Å². The summed E-state index contributed by atoms with van der Waals surface area (Å²) in [5, 5.41) is -0.224. The van der Waals surface area contributed by atoms with Crippen LogP contribution in [0.4, 0.5) is 10.2 Å². The van der Waals surface area contributed by atoms with Crippen LogP contribution in [0.25, 0.3) is 0 Å². The number of anilines is 1. The highest BCUT2D eigenvalue weighted by Crippen LogP contribution is 2.09. The van der Waals surface area contributed by atoms with Gasteiger partial charge in [0, 0.05) is 0 Å². The fourth-order valence-corrected chi connectivity index (χ4v) is 1.44. The van der Waals surface area contributed by atoms with E-state index >= 15 is 0 Å². The molecular weight excluding hydrogens is 257 g/mol. The van der Waals surface area contributed by atoms with Gasteiger partial charge in [-0.2, -0.15) is 4.98 Å². The Hall–Kier alpha value is -2.28. The summed E-state index contributed by atoms with van der Waals surface area (Å²) in [4.78, 5) is 14.7. The topological polar surface area (TPSA) is 70.1 Å². The van der Waals surface area contributed by atoms with E-state index in [0.717, 1.165) is 10.8 Å². The quantitative estimate of drug-likeness (QED) is 0.784. The summed E-state index contributed by atoms with van der Waals surface area (Å²) in [6.07, 6.45) is 0.843. The molecule has 5 nitrogen and oxygen atoms in total. The third-order valence-corrected chi connectivity index (χ3v) is 2.33. The number of benzene rings is 1. The smallest absolute Gasteiger partial charge is 0.357 e. The highest BCUT2D eigenvalue weighted by molar-refractivity contribution is 7.80. The zero-order valence-corrected chi connectivity index (χ0v) is 9.86. The number of rotatable bonds is 1. The van der Waals surface area contributed by atoms with E-state index in [-0.39, 0.29) is 5.17 Å². The zero-order valence-electron chi connectivity index (χ0n) is 9.04. The first-order valence-corrected chi connectivity index (χ1v) is 5.30. The van der Waals surface area contributed by atoms with Crippen molar-refractivity contribution in [3.05, 3.63) is 52.8 Å². The van der Waals surface area contributed by atoms with Crippen LogP contribution in [0.5, 0.6) is 5.75 Å². The molecule has 0 spiro atoms. The number of nitrogens with two attached hydrogens (primary N) is 1. The van der Waals surface area contributed by atoms with Crippen molar-refractivity contribution >= 4 is 23.2 Å². The Bertz CT molecular complexity index is 642. The van der Waals surface area contributed by atoms with Crippen LogP contribution in [0.15, 0.2) is 41.3 Å². The molecule has 1 heterocycles. The summed E-state index contributed by atoms with van der Waals surface area (Å²) < 4.78 is 19.2. The number of hydrogen-bond acceptors (Lipinski definition) is 5. The molecule has 0 unspecified atom stereocenters. The SMILES string of the molecule is Nc1nc(=O)n(C(=S)Oc2ccccc2)cc1F. The minimum absolute atomic E-state index is 0.224. The van der Waals surface area contributed by atoms with Crippen molar-refractivity contribution in [3.63, 3.8) is 0 Å². The maximum atomic E-state index is 13.2. The van der Waals surface area contributed by atoms with E-state index in [0.29, 0.717) is 5.75 Å². The van der Waals surface area contributed by atoms with Gasteiger partial charge >= 0.3 is 5.69 Å². The molecule has 18 heavy (non-hydrogen) atoms. The van der Waals surface area contributed by atoms with Gasteiger partial charge in [-0.3, -0.25) is 0 Å². The van der Waals surface area contributed by atoms with Crippen molar-refractivity contribution in [1.29, 1.82) is 0 Å². The number of ether oxygens (including phenoxy) is 1. The molecule has 2 N–H and O–H groups in total. The molecule has 0 radical (unpaired) electrons. The first-order valence-electron chi connectivity index (χ1n) is 4.90. The van der Waals surface area contributed by atoms with Gasteiger partial charge in [-0.1, -0.05) is 18.2 Å². The second-order valence-electron chi connectivity index (χ2n) is 3.31. The van der Waals surface area contributed by atoms with Crippen LogP contribution in [0.3, 0.4) is 0 Å². The van der Waals surface area contributed by atoms with Crippen molar-refractivity contribution in [2.75, 3.05) is 5.73 Å². The van der Waals surface area contributed by atoms with Gasteiger partial charge in [0.1, 0.15) is 5.75 Å². The van der Waals surface area contributed by atoms with Crippen molar-refractivity contribution < 1.29 is 9.13 Å². The molecule has 2 rings (SSSR count). The number of nitrogens with zero attached hydrogens (tertiary/aromatic N) is 2. The number of hydrogen-bond donors (Lipinski definition) is 1. The van der Waals surface area contributed by atoms with Gasteiger partial charge in [-0.15, -0.1) is 0 Å². The predicted molar refractivity (Wildman–Crippen MR) is 67.9 cm³/mol. The van der Waals surface area contributed by atoms with Gasteiger partial charge in [0.05, 0.1) is 6.20 Å². The van der Waals surface area contributed by atoms with Crippen molar-refractivity contribution in [1.82, 2.24) is 9.55 Å². The maximum Gasteiger partial charge on any atom is 0.357 e. The lowest BCUT2D eigenvalue weighted by molar-refractivity contribution is 0.527. The monoisotopic (exact) mass is 265 g/mol. The van der Waals surface area contributed by atoms with E-state index in [9.17, 15) is 9.18 Å². The summed E-state index contributed by atoms with van der Waals surface area (Å²) in [6.45, 7) is 0. The van der Waals surface area contributed by atoms with Crippen molar-refractivity contribution in [2.45, 2.75) is 0 Å². The fourth-order valence-electron chi connectivity index (χ4n) is 1.21. The van der Waals surface area contributed by atoms with E-state index in [1.54, 1.807) is 30.3 Å². The standard InChI is InChI=1S/C11H8FN3O2S/c12-8-6-15(10(16)14-9(8)13)11(18)17-7-4-2-1-3-5-7/h1-6H,(H2,13,14,16). The molecule has 1 aromatic heterocycles. The third kappa shape index (κ3) is 2.51. The largest absolute Gasteiger partial charge is 0.431 e. The number of nitrogen functional groups attached to an aromatic ring is 1. The van der Waals surface area contributed by atoms with Crippen molar-refractivity contribution in [3.8, 4) is 5.75 Å². The van der Waals surface area contributed by atoms with Gasteiger partial charge in [-0.05, 0) is 24.4 Å². The molecule has 0 aliphatic rings. The van der Waals surface area contributed by atoms with Crippen LogP contribution >= 0.6 is 12.2 Å². The lowest BCUT2D eigenvalue weighted by atomic mass is 10.3. The van der Waals surface area contributed by atoms with Crippen LogP contribution in [-0.4, -0.2) is 14.7 Å². The average molecular weight is 265 g/mol. The maximum absolute atomic E-state index is 13.2. The molecule has 0 aliphatic heterocycles. The van der Waals surface area contributed by atoms with Crippen LogP contribution in [0.1, 0.15) is 0 Å².